The number of carbonyl (C=O) groups is 3. The highest BCUT2D eigenvalue weighted by molar-refractivity contribution is 5.96. The summed E-state index contributed by atoms with van der Waals surface area (Å²) < 4.78 is 4.89. The van der Waals surface area contributed by atoms with Crippen LogP contribution in [0.15, 0.2) is 24.3 Å². The summed E-state index contributed by atoms with van der Waals surface area (Å²) in [5, 5.41) is 13.8. The number of carboxylic acid groups (broad SMARTS) is 1. The molecule has 0 unspecified atom stereocenters. The number of carboxylic acids is 1. The zero-order valence-electron chi connectivity index (χ0n) is 12.4. The van der Waals surface area contributed by atoms with Gasteiger partial charge in [-0.15, -0.1) is 0 Å². The molecule has 0 aliphatic carbocycles. The van der Waals surface area contributed by atoms with Crippen LogP contribution in [0.5, 0.6) is 0 Å². The minimum Gasteiger partial charge on any atom is -0.481 e. The summed E-state index contributed by atoms with van der Waals surface area (Å²) in [6.07, 6.45) is 0.435. The molecule has 1 rings (SSSR count). The van der Waals surface area contributed by atoms with E-state index in [0.717, 1.165) is 6.42 Å². The van der Waals surface area contributed by atoms with E-state index in [-0.39, 0.29) is 24.7 Å². The Morgan fingerprint density at radius 3 is 2.41 bits per heavy atom. The molecule has 7 nitrogen and oxygen atoms in total. The van der Waals surface area contributed by atoms with E-state index in [1.165, 1.54) is 0 Å². The third kappa shape index (κ3) is 6.85. The van der Waals surface area contributed by atoms with Crippen molar-refractivity contribution >= 4 is 23.5 Å². The van der Waals surface area contributed by atoms with E-state index in [1.54, 1.807) is 31.4 Å². The molecule has 0 aliphatic rings. The van der Waals surface area contributed by atoms with Gasteiger partial charge in [0, 0.05) is 37.9 Å². The Kier molecular flexibility index (Phi) is 7.63. The van der Waals surface area contributed by atoms with Gasteiger partial charge in [0.05, 0.1) is 6.42 Å². The molecule has 0 aromatic heterocycles. The molecule has 0 spiro atoms. The molecule has 0 aliphatic heterocycles. The van der Waals surface area contributed by atoms with Crippen LogP contribution in [0.4, 0.5) is 5.69 Å². The maximum absolute atomic E-state index is 11.8. The summed E-state index contributed by atoms with van der Waals surface area (Å²) in [6, 6.07) is 6.39. The highest BCUT2D eigenvalue weighted by Gasteiger charge is 2.07. The highest BCUT2D eigenvalue weighted by Crippen LogP contribution is 2.10. The monoisotopic (exact) mass is 308 g/mol. The summed E-state index contributed by atoms with van der Waals surface area (Å²) in [4.78, 5) is 33.7. The molecular weight excluding hydrogens is 288 g/mol. The molecule has 0 heterocycles. The Bertz CT molecular complexity index is 513. The molecule has 0 saturated carbocycles. The summed E-state index contributed by atoms with van der Waals surface area (Å²) in [6.45, 7) is 1.11. The fourth-order valence-corrected chi connectivity index (χ4v) is 1.67. The Morgan fingerprint density at radius 1 is 1.14 bits per heavy atom. The lowest BCUT2D eigenvalue weighted by atomic mass is 10.2. The van der Waals surface area contributed by atoms with Gasteiger partial charge >= 0.3 is 5.97 Å². The van der Waals surface area contributed by atoms with Crippen molar-refractivity contribution in [1.29, 1.82) is 0 Å². The fourth-order valence-electron chi connectivity index (χ4n) is 1.67. The van der Waals surface area contributed by atoms with Crippen LogP contribution in [0.1, 0.15) is 29.6 Å². The van der Waals surface area contributed by atoms with Crippen LogP contribution in [0, 0.1) is 0 Å². The lowest BCUT2D eigenvalue weighted by Gasteiger charge is -2.07. The quantitative estimate of drug-likeness (QED) is 0.596. The number of methoxy groups -OCH3 is 1. The van der Waals surface area contributed by atoms with Gasteiger partial charge in [0.15, 0.2) is 0 Å². The molecule has 0 fully saturated rings. The summed E-state index contributed by atoms with van der Waals surface area (Å²) in [5.74, 6) is -1.59. The van der Waals surface area contributed by atoms with Gasteiger partial charge in [0.1, 0.15) is 0 Å². The largest absolute Gasteiger partial charge is 0.481 e. The number of amides is 2. The van der Waals surface area contributed by atoms with Gasteiger partial charge in [-0.2, -0.15) is 0 Å². The molecular formula is C15H20N2O5. The number of carbonyl (C=O) groups excluding carboxylic acids is 2. The van der Waals surface area contributed by atoms with Crippen LogP contribution >= 0.6 is 0 Å². The summed E-state index contributed by atoms with van der Waals surface area (Å²) in [5.41, 5.74) is 1.01. The van der Waals surface area contributed by atoms with Crippen LogP contribution in [-0.4, -0.2) is 43.2 Å². The minimum absolute atomic E-state index is 0.0862. The van der Waals surface area contributed by atoms with Crippen LogP contribution in [0.3, 0.4) is 0 Å². The Balaban J connectivity index is 2.43. The number of ether oxygens (including phenoxy) is 1. The lowest BCUT2D eigenvalue weighted by molar-refractivity contribution is -0.138. The van der Waals surface area contributed by atoms with E-state index in [4.69, 9.17) is 9.84 Å². The first-order valence-electron chi connectivity index (χ1n) is 6.91. The van der Waals surface area contributed by atoms with Crippen molar-refractivity contribution < 1.29 is 24.2 Å². The maximum Gasteiger partial charge on any atom is 0.303 e. The molecule has 0 atom stereocenters. The molecule has 3 N–H and O–H groups in total. The molecule has 1 aromatic carbocycles. The lowest BCUT2D eigenvalue weighted by Crippen LogP contribution is -2.25. The van der Waals surface area contributed by atoms with Crippen molar-refractivity contribution in [2.45, 2.75) is 19.3 Å². The van der Waals surface area contributed by atoms with Crippen molar-refractivity contribution in [3.63, 3.8) is 0 Å². The first-order valence-corrected chi connectivity index (χ1v) is 6.91. The third-order valence-corrected chi connectivity index (χ3v) is 2.81. The molecule has 7 heteroatoms. The first-order chi connectivity index (χ1) is 10.5. The number of nitrogens with one attached hydrogen (secondary N) is 2. The topological polar surface area (TPSA) is 105 Å². The predicted octanol–water partition coefficient (Wildman–Crippen LogP) is 1.26. The maximum atomic E-state index is 11.8. The average molecular weight is 308 g/mol. The van der Waals surface area contributed by atoms with Gasteiger partial charge in [0.2, 0.25) is 5.91 Å². The zero-order chi connectivity index (χ0) is 16.4. The van der Waals surface area contributed by atoms with Crippen molar-refractivity contribution in [1.82, 2.24) is 5.32 Å². The predicted molar refractivity (Wildman–Crippen MR) is 80.8 cm³/mol. The molecule has 120 valence electrons. The molecule has 0 saturated heterocycles. The number of hydrogen-bond donors (Lipinski definition) is 3. The van der Waals surface area contributed by atoms with Gasteiger partial charge in [-0.1, -0.05) is 0 Å². The highest BCUT2D eigenvalue weighted by atomic mass is 16.5. The van der Waals surface area contributed by atoms with Gasteiger partial charge in [0.25, 0.3) is 5.91 Å². The van der Waals surface area contributed by atoms with Gasteiger partial charge in [-0.3, -0.25) is 14.4 Å². The number of aliphatic carboxylic acids is 1. The molecule has 0 radical (unpaired) electrons. The minimum atomic E-state index is -1.02. The Morgan fingerprint density at radius 2 is 1.82 bits per heavy atom. The van der Waals surface area contributed by atoms with E-state index < -0.39 is 5.97 Å². The fraction of sp³-hybridized carbons (Fsp3) is 0.400. The molecule has 2 amide bonds. The normalized spacial score (nSPS) is 10.0. The van der Waals surface area contributed by atoms with Gasteiger partial charge in [-0.25, -0.2) is 0 Å². The number of hydrogen-bond acceptors (Lipinski definition) is 4. The van der Waals surface area contributed by atoms with Gasteiger partial charge < -0.3 is 20.5 Å². The van der Waals surface area contributed by atoms with Gasteiger partial charge in [-0.05, 0) is 30.7 Å². The second-order valence-electron chi connectivity index (χ2n) is 4.62. The second-order valence-corrected chi connectivity index (χ2v) is 4.62. The summed E-state index contributed by atoms with van der Waals surface area (Å²) in [7, 11) is 1.60. The van der Waals surface area contributed by atoms with Crippen LogP contribution in [0.25, 0.3) is 0 Å². The van der Waals surface area contributed by atoms with Crippen LogP contribution < -0.4 is 10.6 Å². The molecule has 22 heavy (non-hydrogen) atoms. The number of rotatable bonds is 9. The number of benzene rings is 1. The van der Waals surface area contributed by atoms with Crippen molar-refractivity contribution in [2.24, 2.45) is 0 Å². The van der Waals surface area contributed by atoms with E-state index in [2.05, 4.69) is 10.6 Å². The van der Waals surface area contributed by atoms with E-state index in [9.17, 15) is 14.4 Å². The standard InChI is InChI=1S/C15H20N2O5/c1-22-10-2-9-16-15(21)11-3-5-12(6-4-11)17-13(18)7-8-14(19)20/h3-6H,2,7-10H2,1H3,(H,16,21)(H,17,18)(H,19,20). The third-order valence-electron chi connectivity index (χ3n) is 2.81. The number of anilines is 1. The second kappa shape index (κ2) is 9.51. The van der Waals surface area contributed by atoms with Crippen molar-refractivity contribution in [2.75, 3.05) is 25.6 Å². The van der Waals surface area contributed by atoms with Crippen LogP contribution in [0.2, 0.25) is 0 Å². The van der Waals surface area contributed by atoms with Crippen LogP contribution in [-0.2, 0) is 14.3 Å². The van der Waals surface area contributed by atoms with E-state index >= 15 is 0 Å². The average Bonchev–Trinajstić information content (AvgIpc) is 2.50. The van der Waals surface area contributed by atoms with Crippen molar-refractivity contribution in [3.8, 4) is 0 Å². The Hall–Kier alpha value is -2.41. The smallest absolute Gasteiger partial charge is 0.303 e. The first kappa shape index (κ1) is 17.6. The summed E-state index contributed by atoms with van der Waals surface area (Å²) >= 11 is 0. The van der Waals surface area contributed by atoms with E-state index in [1.807, 2.05) is 0 Å². The molecule has 1 aromatic rings. The Labute approximate surface area is 128 Å². The van der Waals surface area contributed by atoms with Crippen molar-refractivity contribution in [3.05, 3.63) is 29.8 Å². The zero-order valence-corrected chi connectivity index (χ0v) is 12.4. The van der Waals surface area contributed by atoms with E-state index in [0.29, 0.717) is 24.4 Å². The SMILES string of the molecule is COCCCNC(=O)c1ccc(NC(=O)CCC(=O)O)cc1. The molecule has 0 bridgehead atoms.